The lowest BCUT2D eigenvalue weighted by molar-refractivity contribution is 0.0661. The van der Waals surface area contributed by atoms with Crippen LogP contribution in [0.15, 0.2) is 0 Å². The van der Waals surface area contributed by atoms with Crippen LogP contribution in [0.3, 0.4) is 0 Å². The highest BCUT2D eigenvalue weighted by atomic mass is 16.5. The van der Waals surface area contributed by atoms with Gasteiger partial charge >= 0.3 is 0 Å². The highest BCUT2D eigenvalue weighted by Crippen LogP contribution is 2.19. The molecule has 0 spiro atoms. The van der Waals surface area contributed by atoms with E-state index in [9.17, 15) is 0 Å². The Morgan fingerprint density at radius 3 is 2.62 bits per heavy atom. The second-order valence-corrected chi connectivity index (χ2v) is 4.03. The lowest BCUT2D eigenvalue weighted by atomic mass is 10.2. The number of aliphatic hydroxyl groups is 1. The predicted octanol–water partition coefficient (Wildman–Crippen LogP) is 0.914. The molecule has 1 fully saturated rings. The summed E-state index contributed by atoms with van der Waals surface area (Å²) in [6.07, 6.45) is 3.73. The van der Waals surface area contributed by atoms with Gasteiger partial charge in [0.25, 0.3) is 0 Å². The first kappa shape index (κ1) is 11.0. The van der Waals surface area contributed by atoms with Gasteiger partial charge in [0.1, 0.15) is 0 Å². The van der Waals surface area contributed by atoms with Gasteiger partial charge in [0.15, 0.2) is 0 Å². The molecule has 1 unspecified atom stereocenters. The zero-order valence-corrected chi connectivity index (χ0v) is 8.62. The van der Waals surface area contributed by atoms with Crippen molar-refractivity contribution in [2.75, 3.05) is 13.2 Å². The van der Waals surface area contributed by atoms with Crippen LogP contribution >= 0.6 is 0 Å². The largest absolute Gasteiger partial charge is 0.395 e. The summed E-state index contributed by atoms with van der Waals surface area (Å²) >= 11 is 0. The summed E-state index contributed by atoms with van der Waals surface area (Å²) in [6.45, 7) is 5.02. The van der Waals surface area contributed by atoms with E-state index in [1.807, 2.05) is 13.8 Å². The standard InChI is InChI=1S/C10H21NO2/c1-8(2)13-6-5-10(7-12)11-9-3-4-9/h8-12H,3-7H2,1-2H3. The molecule has 13 heavy (non-hydrogen) atoms. The van der Waals surface area contributed by atoms with Gasteiger partial charge in [0, 0.05) is 18.7 Å². The Morgan fingerprint density at radius 2 is 2.15 bits per heavy atom. The van der Waals surface area contributed by atoms with Gasteiger partial charge in [-0.3, -0.25) is 0 Å². The lowest BCUT2D eigenvalue weighted by Crippen LogP contribution is -2.35. The Kier molecular flexibility index (Phi) is 4.70. The van der Waals surface area contributed by atoms with Crippen molar-refractivity contribution in [2.45, 2.75) is 51.3 Å². The molecule has 1 aliphatic rings. The van der Waals surface area contributed by atoms with E-state index in [-0.39, 0.29) is 12.6 Å². The molecule has 78 valence electrons. The monoisotopic (exact) mass is 187 g/mol. The van der Waals surface area contributed by atoms with Crippen LogP contribution in [0.4, 0.5) is 0 Å². The molecule has 3 nitrogen and oxygen atoms in total. The van der Waals surface area contributed by atoms with E-state index >= 15 is 0 Å². The van der Waals surface area contributed by atoms with Crippen molar-refractivity contribution in [1.29, 1.82) is 0 Å². The average molecular weight is 187 g/mol. The maximum atomic E-state index is 9.05. The molecule has 0 saturated heterocycles. The Bertz CT molecular complexity index is 135. The molecule has 1 rings (SSSR count). The number of aliphatic hydroxyl groups excluding tert-OH is 1. The van der Waals surface area contributed by atoms with E-state index in [1.54, 1.807) is 0 Å². The van der Waals surface area contributed by atoms with E-state index < -0.39 is 0 Å². The molecular weight excluding hydrogens is 166 g/mol. The van der Waals surface area contributed by atoms with Crippen LogP contribution in [0.25, 0.3) is 0 Å². The van der Waals surface area contributed by atoms with Crippen LogP contribution in [0.1, 0.15) is 33.1 Å². The third-order valence-corrected chi connectivity index (χ3v) is 2.19. The third-order valence-electron chi connectivity index (χ3n) is 2.19. The van der Waals surface area contributed by atoms with Gasteiger partial charge in [-0.05, 0) is 33.1 Å². The molecule has 0 amide bonds. The second-order valence-electron chi connectivity index (χ2n) is 4.03. The predicted molar refractivity (Wildman–Crippen MR) is 52.7 cm³/mol. The van der Waals surface area contributed by atoms with Gasteiger partial charge in [-0.2, -0.15) is 0 Å². The van der Waals surface area contributed by atoms with E-state index in [0.29, 0.717) is 12.1 Å². The lowest BCUT2D eigenvalue weighted by Gasteiger charge is -2.16. The number of ether oxygens (including phenoxy) is 1. The van der Waals surface area contributed by atoms with Crippen molar-refractivity contribution in [3.63, 3.8) is 0 Å². The van der Waals surface area contributed by atoms with Gasteiger partial charge in [0.05, 0.1) is 12.7 Å². The summed E-state index contributed by atoms with van der Waals surface area (Å²) in [5, 5.41) is 12.4. The summed E-state index contributed by atoms with van der Waals surface area (Å²) in [6, 6.07) is 0.891. The Labute approximate surface area is 80.5 Å². The maximum absolute atomic E-state index is 9.05. The van der Waals surface area contributed by atoms with Gasteiger partial charge in [-0.1, -0.05) is 0 Å². The second kappa shape index (κ2) is 5.58. The molecule has 1 saturated carbocycles. The molecule has 0 heterocycles. The van der Waals surface area contributed by atoms with E-state index in [2.05, 4.69) is 5.32 Å². The number of rotatable bonds is 7. The molecule has 2 N–H and O–H groups in total. The third kappa shape index (κ3) is 5.24. The smallest absolute Gasteiger partial charge is 0.0585 e. The van der Waals surface area contributed by atoms with Crippen LogP contribution < -0.4 is 5.32 Å². The normalized spacial score (nSPS) is 19.4. The number of hydrogen-bond acceptors (Lipinski definition) is 3. The first-order valence-electron chi connectivity index (χ1n) is 5.21. The summed E-state index contributed by atoms with van der Waals surface area (Å²) in [5.74, 6) is 0. The van der Waals surface area contributed by atoms with Gasteiger partial charge in [0.2, 0.25) is 0 Å². The van der Waals surface area contributed by atoms with Crippen molar-refractivity contribution >= 4 is 0 Å². The topological polar surface area (TPSA) is 41.5 Å². The Hall–Kier alpha value is -0.120. The van der Waals surface area contributed by atoms with Crippen molar-refractivity contribution in [1.82, 2.24) is 5.32 Å². The molecule has 3 heteroatoms. The van der Waals surface area contributed by atoms with Gasteiger partial charge in [-0.25, -0.2) is 0 Å². The van der Waals surface area contributed by atoms with Crippen molar-refractivity contribution in [3.8, 4) is 0 Å². The summed E-state index contributed by atoms with van der Waals surface area (Å²) < 4.78 is 5.43. The molecule has 0 bridgehead atoms. The highest BCUT2D eigenvalue weighted by Gasteiger charge is 2.23. The van der Waals surface area contributed by atoms with Crippen LogP contribution in [0, 0.1) is 0 Å². The Morgan fingerprint density at radius 1 is 1.46 bits per heavy atom. The van der Waals surface area contributed by atoms with E-state index in [0.717, 1.165) is 13.0 Å². The van der Waals surface area contributed by atoms with E-state index in [1.165, 1.54) is 12.8 Å². The zero-order chi connectivity index (χ0) is 9.68. The fourth-order valence-electron chi connectivity index (χ4n) is 1.26. The molecule has 0 aromatic heterocycles. The van der Waals surface area contributed by atoms with Crippen LogP contribution in [0.2, 0.25) is 0 Å². The molecular formula is C10H21NO2. The zero-order valence-electron chi connectivity index (χ0n) is 8.62. The fourth-order valence-corrected chi connectivity index (χ4v) is 1.26. The van der Waals surface area contributed by atoms with Crippen LogP contribution in [-0.4, -0.2) is 36.5 Å². The van der Waals surface area contributed by atoms with Crippen molar-refractivity contribution in [2.24, 2.45) is 0 Å². The van der Waals surface area contributed by atoms with Crippen molar-refractivity contribution < 1.29 is 9.84 Å². The van der Waals surface area contributed by atoms with Gasteiger partial charge in [-0.15, -0.1) is 0 Å². The fraction of sp³-hybridized carbons (Fsp3) is 1.00. The average Bonchev–Trinajstić information content (AvgIpc) is 2.86. The summed E-state index contributed by atoms with van der Waals surface area (Å²) in [5.41, 5.74) is 0. The molecule has 0 aromatic carbocycles. The molecule has 1 aliphatic carbocycles. The molecule has 0 radical (unpaired) electrons. The van der Waals surface area contributed by atoms with Crippen molar-refractivity contribution in [3.05, 3.63) is 0 Å². The quantitative estimate of drug-likeness (QED) is 0.622. The SMILES string of the molecule is CC(C)OCCC(CO)NC1CC1. The van der Waals surface area contributed by atoms with Crippen LogP contribution in [0.5, 0.6) is 0 Å². The van der Waals surface area contributed by atoms with E-state index in [4.69, 9.17) is 9.84 Å². The molecule has 0 aromatic rings. The minimum Gasteiger partial charge on any atom is -0.395 e. The first-order chi connectivity index (χ1) is 6.22. The minimum absolute atomic E-state index is 0.220. The number of nitrogens with one attached hydrogen (secondary N) is 1. The Balaban J connectivity index is 2.01. The minimum atomic E-state index is 0.220. The summed E-state index contributed by atoms with van der Waals surface area (Å²) in [7, 11) is 0. The van der Waals surface area contributed by atoms with Crippen LogP contribution in [-0.2, 0) is 4.74 Å². The molecule has 1 atom stereocenters. The number of hydrogen-bond donors (Lipinski definition) is 2. The van der Waals surface area contributed by atoms with Gasteiger partial charge < -0.3 is 15.2 Å². The molecule has 0 aliphatic heterocycles. The maximum Gasteiger partial charge on any atom is 0.0585 e. The highest BCUT2D eigenvalue weighted by molar-refractivity contribution is 4.84. The summed E-state index contributed by atoms with van der Waals surface area (Å²) in [4.78, 5) is 0. The first-order valence-corrected chi connectivity index (χ1v) is 5.21.